The van der Waals surface area contributed by atoms with E-state index in [1.165, 1.54) is 23.4 Å². The van der Waals surface area contributed by atoms with Crippen LogP contribution in [0.4, 0.5) is 27.4 Å². The summed E-state index contributed by atoms with van der Waals surface area (Å²) in [5, 5.41) is 3.17. The topological polar surface area (TPSA) is 41.1 Å². The van der Waals surface area contributed by atoms with Crippen molar-refractivity contribution in [1.82, 2.24) is 9.97 Å². The molecule has 1 aliphatic rings. The Morgan fingerprint density at radius 2 is 1.92 bits per heavy atom. The summed E-state index contributed by atoms with van der Waals surface area (Å²) < 4.78 is 13.4. The fourth-order valence-corrected chi connectivity index (χ4v) is 3.24. The number of aryl methyl sites for hydroxylation is 2. The van der Waals surface area contributed by atoms with Crippen LogP contribution in [0.25, 0.3) is 0 Å². The molecule has 4 nitrogen and oxygen atoms in total. The number of rotatable bonds is 3. The van der Waals surface area contributed by atoms with Crippen LogP contribution in [0.15, 0.2) is 54.6 Å². The van der Waals surface area contributed by atoms with Crippen molar-refractivity contribution in [3.05, 3.63) is 71.8 Å². The van der Waals surface area contributed by atoms with Crippen molar-refractivity contribution in [3.63, 3.8) is 0 Å². The van der Waals surface area contributed by atoms with E-state index in [1.807, 2.05) is 19.1 Å². The third-order valence-corrected chi connectivity index (χ3v) is 4.31. The summed E-state index contributed by atoms with van der Waals surface area (Å²) >= 11 is 0. The number of nitrogens with zero attached hydrogens (tertiary/aromatic N) is 3. The first-order valence-corrected chi connectivity index (χ1v) is 8.43. The van der Waals surface area contributed by atoms with Gasteiger partial charge in [0, 0.05) is 24.0 Å². The predicted molar refractivity (Wildman–Crippen MR) is 98.2 cm³/mol. The summed E-state index contributed by atoms with van der Waals surface area (Å²) in [4.78, 5) is 11.3. The van der Waals surface area contributed by atoms with E-state index < -0.39 is 0 Å². The van der Waals surface area contributed by atoms with Crippen LogP contribution >= 0.6 is 0 Å². The van der Waals surface area contributed by atoms with Crippen LogP contribution in [0.5, 0.6) is 0 Å². The Balaban J connectivity index is 1.69. The van der Waals surface area contributed by atoms with Crippen molar-refractivity contribution in [2.45, 2.75) is 19.8 Å². The summed E-state index contributed by atoms with van der Waals surface area (Å²) in [5.74, 6) is 1.93. The Morgan fingerprint density at radius 3 is 2.80 bits per heavy atom. The fourth-order valence-electron chi connectivity index (χ4n) is 3.24. The van der Waals surface area contributed by atoms with Crippen molar-refractivity contribution in [2.24, 2.45) is 0 Å². The van der Waals surface area contributed by atoms with Gasteiger partial charge in [0.15, 0.2) is 0 Å². The fraction of sp³-hybridized carbons (Fsp3) is 0.200. The van der Waals surface area contributed by atoms with Crippen molar-refractivity contribution >= 4 is 23.0 Å². The molecule has 1 aromatic heterocycles. The molecule has 1 N–H and O–H groups in total. The standard InChI is InChI=1S/C20H19FN4/c1-14-22-19(24-17-9-4-8-16(21)12-17)13-20(23-14)25-11-5-7-15-6-2-3-10-18(15)25/h2-4,6,8-10,12-13H,5,7,11H2,1H3,(H,22,23,24). The predicted octanol–water partition coefficient (Wildman–Crippen LogP) is 4.75. The molecular weight excluding hydrogens is 315 g/mol. The zero-order valence-corrected chi connectivity index (χ0v) is 14.0. The average Bonchev–Trinajstić information content (AvgIpc) is 2.61. The van der Waals surface area contributed by atoms with E-state index in [4.69, 9.17) is 0 Å². The zero-order valence-electron chi connectivity index (χ0n) is 14.0. The van der Waals surface area contributed by atoms with Crippen LogP contribution in [0, 0.1) is 12.7 Å². The maximum Gasteiger partial charge on any atom is 0.138 e. The van der Waals surface area contributed by atoms with Crippen molar-refractivity contribution in [1.29, 1.82) is 0 Å². The Morgan fingerprint density at radius 1 is 1.04 bits per heavy atom. The van der Waals surface area contributed by atoms with E-state index in [9.17, 15) is 4.39 Å². The maximum absolute atomic E-state index is 13.4. The smallest absolute Gasteiger partial charge is 0.138 e. The molecule has 5 heteroatoms. The van der Waals surface area contributed by atoms with Crippen molar-refractivity contribution < 1.29 is 4.39 Å². The highest BCUT2D eigenvalue weighted by molar-refractivity contribution is 5.68. The Bertz CT molecular complexity index is 910. The van der Waals surface area contributed by atoms with Crippen LogP contribution in [0.2, 0.25) is 0 Å². The van der Waals surface area contributed by atoms with Crippen molar-refractivity contribution in [2.75, 3.05) is 16.8 Å². The number of nitrogens with one attached hydrogen (secondary N) is 1. The second-order valence-electron chi connectivity index (χ2n) is 6.18. The largest absolute Gasteiger partial charge is 0.340 e. The summed E-state index contributed by atoms with van der Waals surface area (Å²) in [5.41, 5.74) is 3.20. The second-order valence-corrected chi connectivity index (χ2v) is 6.18. The third-order valence-electron chi connectivity index (χ3n) is 4.31. The van der Waals surface area contributed by atoms with E-state index in [0.717, 1.165) is 25.2 Å². The first-order valence-electron chi connectivity index (χ1n) is 8.43. The highest BCUT2D eigenvalue weighted by Crippen LogP contribution is 2.33. The zero-order chi connectivity index (χ0) is 17.2. The Labute approximate surface area is 146 Å². The quantitative estimate of drug-likeness (QED) is 0.750. The average molecular weight is 334 g/mol. The lowest BCUT2D eigenvalue weighted by molar-refractivity contribution is 0.628. The number of hydrogen-bond donors (Lipinski definition) is 1. The molecule has 0 radical (unpaired) electrons. The summed E-state index contributed by atoms with van der Waals surface area (Å²) in [6.45, 7) is 2.79. The molecule has 0 saturated carbocycles. The van der Waals surface area contributed by atoms with Gasteiger partial charge in [-0.3, -0.25) is 0 Å². The van der Waals surface area contributed by atoms with E-state index in [1.54, 1.807) is 6.07 Å². The van der Waals surface area contributed by atoms with E-state index in [-0.39, 0.29) is 5.82 Å². The molecule has 2 aromatic carbocycles. The molecule has 0 atom stereocenters. The highest BCUT2D eigenvalue weighted by atomic mass is 19.1. The molecule has 0 spiro atoms. The number of benzene rings is 2. The molecule has 0 aliphatic carbocycles. The van der Waals surface area contributed by atoms with Gasteiger partial charge >= 0.3 is 0 Å². The lowest BCUT2D eigenvalue weighted by Gasteiger charge is -2.30. The molecule has 0 amide bonds. The number of halogens is 1. The molecule has 3 aromatic rings. The molecule has 25 heavy (non-hydrogen) atoms. The number of para-hydroxylation sites is 1. The molecule has 126 valence electrons. The summed E-state index contributed by atoms with van der Waals surface area (Å²) in [6.07, 6.45) is 2.18. The first kappa shape index (κ1) is 15.6. The minimum Gasteiger partial charge on any atom is -0.340 e. The second kappa shape index (κ2) is 6.51. The van der Waals surface area contributed by atoms with Crippen molar-refractivity contribution in [3.8, 4) is 0 Å². The minimum absolute atomic E-state index is 0.277. The number of hydrogen-bond acceptors (Lipinski definition) is 4. The van der Waals surface area contributed by atoms with Gasteiger partial charge in [-0.05, 0) is 49.6 Å². The third kappa shape index (κ3) is 3.31. The molecular formula is C20H19FN4. The van der Waals surface area contributed by atoms with Gasteiger partial charge in [-0.25, -0.2) is 14.4 Å². The first-order chi connectivity index (χ1) is 12.2. The normalized spacial score (nSPS) is 13.4. The molecule has 1 aliphatic heterocycles. The number of aromatic nitrogens is 2. The SMILES string of the molecule is Cc1nc(Nc2cccc(F)c2)cc(N2CCCc3ccccc32)n1. The van der Waals surface area contributed by atoms with Gasteiger partial charge in [-0.2, -0.15) is 0 Å². The van der Waals surface area contributed by atoms with Gasteiger partial charge in [0.1, 0.15) is 23.3 Å². The van der Waals surface area contributed by atoms with Gasteiger partial charge in [0.25, 0.3) is 0 Å². The molecule has 0 unspecified atom stereocenters. The Kier molecular flexibility index (Phi) is 4.06. The van der Waals surface area contributed by atoms with Crippen LogP contribution in [0.1, 0.15) is 17.8 Å². The van der Waals surface area contributed by atoms with Gasteiger partial charge in [-0.1, -0.05) is 24.3 Å². The van der Waals surface area contributed by atoms with E-state index in [2.05, 4.69) is 44.5 Å². The highest BCUT2D eigenvalue weighted by Gasteiger charge is 2.19. The van der Waals surface area contributed by atoms with Crippen LogP contribution in [-0.4, -0.2) is 16.5 Å². The summed E-state index contributed by atoms with van der Waals surface area (Å²) in [6, 6.07) is 16.7. The van der Waals surface area contributed by atoms with E-state index >= 15 is 0 Å². The van der Waals surface area contributed by atoms with Gasteiger partial charge in [0.05, 0.1) is 0 Å². The van der Waals surface area contributed by atoms with Gasteiger partial charge in [0.2, 0.25) is 0 Å². The van der Waals surface area contributed by atoms with Gasteiger partial charge < -0.3 is 10.2 Å². The lowest BCUT2D eigenvalue weighted by atomic mass is 10.0. The molecule has 4 rings (SSSR count). The molecule has 0 saturated heterocycles. The summed E-state index contributed by atoms with van der Waals surface area (Å²) in [7, 11) is 0. The maximum atomic E-state index is 13.4. The molecule has 0 fully saturated rings. The minimum atomic E-state index is -0.277. The number of anilines is 4. The number of fused-ring (bicyclic) bond motifs is 1. The van der Waals surface area contributed by atoms with Crippen LogP contribution < -0.4 is 10.2 Å². The molecule has 2 heterocycles. The van der Waals surface area contributed by atoms with Gasteiger partial charge in [-0.15, -0.1) is 0 Å². The monoisotopic (exact) mass is 334 g/mol. The van der Waals surface area contributed by atoms with Crippen LogP contribution in [-0.2, 0) is 6.42 Å². The van der Waals surface area contributed by atoms with Crippen LogP contribution in [0.3, 0.4) is 0 Å². The molecule has 0 bridgehead atoms. The Hall–Kier alpha value is -2.95. The lowest BCUT2D eigenvalue weighted by Crippen LogP contribution is -2.25. The van der Waals surface area contributed by atoms with E-state index in [0.29, 0.717) is 17.3 Å².